The number of ketones is 1. The van der Waals surface area contributed by atoms with Crippen LogP contribution < -0.4 is 0 Å². The van der Waals surface area contributed by atoms with Crippen LogP contribution in [0.25, 0.3) is 11.3 Å². The normalized spacial score (nSPS) is 14.1. The van der Waals surface area contributed by atoms with Crippen molar-refractivity contribution < 1.29 is 4.79 Å². The Balaban J connectivity index is 2.23. The van der Waals surface area contributed by atoms with Crippen LogP contribution >= 0.6 is 0 Å². The Morgan fingerprint density at radius 3 is 2.88 bits per heavy atom. The summed E-state index contributed by atoms with van der Waals surface area (Å²) in [6.45, 7) is 2.05. The van der Waals surface area contributed by atoms with Crippen molar-refractivity contribution in [1.82, 2.24) is 9.78 Å². The second-order valence-corrected chi connectivity index (χ2v) is 4.59. The van der Waals surface area contributed by atoms with Crippen molar-refractivity contribution in [2.45, 2.75) is 19.8 Å². The predicted octanol–water partition coefficient (Wildman–Crippen LogP) is 2.52. The highest BCUT2D eigenvalue weighted by molar-refractivity contribution is 6.05. The molecule has 0 amide bonds. The molecule has 0 spiro atoms. The third-order valence-electron chi connectivity index (χ3n) is 3.33. The fourth-order valence-electron chi connectivity index (χ4n) is 2.49. The molecule has 0 fully saturated rings. The van der Waals surface area contributed by atoms with Crippen molar-refractivity contribution in [2.24, 2.45) is 7.05 Å². The van der Waals surface area contributed by atoms with Crippen molar-refractivity contribution in [2.75, 3.05) is 0 Å². The Kier molecular flexibility index (Phi) is 2.15. The number of carbonyl (C=O) groups is 1. The van der Waals surface area contributed by atoms with E-state index in [1.54, 1.807) is 0 Å². The van der Waals surface area contributed by atoms with Crippen LogP contribution in [0.1, 0.15) is 28.0 Å². The standard InChI is InChI=1S/C14H14N2O/c1-9-4-3-5-10(8-9)14-13-11(16(2)15-14)6-7-12(13)17/h3-5,8H,6-7H2,1-2H3. The Hall–Kier alpha value is -1.90. The number of carbonyl (C=O) groups excluding carboxylic acids is 1. The number of aromatic nitrogens is 2. The number of aryl methyl sites for hydroxylation is 2. The molecule has 0 atom stereocenters. The van der Waals surface area contributed by atoms with Gasteiger partial charge in [-0.25, -0.2) is 0 Å². The van der Waals surface area contributed by atoms with Gasteiger partial charge in [-0.3, -0.25) is 9.48 Å². The van der Waals surface area contributed by atoms with Crippen molar-refractivity contribution in [1.29, 1.82) is 0 Å². The van der Waals surface area contributed by atoms with Gasteiger partial charge in [-0.05, 0) is 19.4 Å². The number of hydrogen-bond donors (Lipinski definition) is 0. The summed E-state index contributed by atoms with van der Waals surface area (Å²) in [5.41, 5.74) is 4.97. The topological polar surface area (TPSA) is 34.9 Å². The van der Waals surface area contributed by atoms with Gasteiger partial charge in [0.1, 0.15) is 5.69 Å². The Morgan fingerprint density at radius 2 is 2.12 bits per heavy atom. The Morgan fingerprint density at radius 1 is 1.29 bits per heavy atom. The van der Waals surface area contributed by atoms with Gasteiger partial charge in [0.15, 0.2) is 5.78 Å². The molecular formula is C14H14N2O. The lowest BCUT2D eigenvalue weighted by molar-refractivity contribution is 0.0995. The molecule has 0 radical (unpaired) electrons. The lowest BCUT2D eigenvalue weighted by Gasteiger charge is -2.00. The molecule has 2 aromatic rings. The van der Waals surface area contributed by atoms with Gasteiger partial charge in [0.25, 0.3) is 0 Å². The van der Waals surface area contributed by atoms with Gasteiger partial charge >= 0.3 is 0 Å². The predicted molar refractivity (Wildman–Crippen MR) is 66.0 cm³/mol. The first-order chi connectivity index (χ1) is 8.16. The molecule has 3 rings (SSSR count). The van der Waals surface area contributed by atoms with Gasteiger partial charge in [-0.1, -0.05) is 23.8 Å². The highest BCUT2D eigenvalue weighted by Gasteiger charge is 2.28. The fraction of sp³-hybridized carbons (Fsp3) is 0.286. The van der Waals surface area contributed by atoms with E-state index in [4.69, 9.17) is 0 Å². The maximum absolute atomic E-state index is 11.9. The van der Waals surface area contributed by atoms with E-state index >= 15 is 0 Å². The highest BCUT2D eigenvalue weighted by Crippen LogP contribution is 2.31. The average Bonchev–Trinajstić information content (AvgIpc) is 2.82. The molecule has 1 aliphatic rings. The largest absolute Gasteiger partial charge is 0.294 e. The van der Waals surface area contributed by atoms with E-state index in [1.165, 1.54) is 5.56 Å². The summed E-state index contributed by atoms with van der Waals surface area (Å²) in [5, 5.41) is 4.49. The van der Waals surface area contributed by atoms with E-state index in [9.17, 15) is 4.79 Å². The number of Topliss-reactive ketones (excluding diaryl/α,β-unsaturated/α-hetero) is 1. The number of nitrogens with zero attached hydrogens (tertiary/aromatic N) is 2. The lowest BCUT2D eigenvalue weighted by Crippen LogP contribution is -1.96. The maximum Gasteiger partial charge on any atom is 0.167 e. The molecule has 0 aliphatic heterocycles. The third-order valence-corrected chi connectivity index (χ3v) is 3.33. The van der Waals surface area contributed by atoms with E-state index in [0.717, 1.165) is 28.9 Å². The molecule has 1 aromatic heterocycles. The molecule has 0 saturated heterocycles. The molecule has 3 nitrogen and oxygen atoms in total. The molecule has 17 heavy (non-hydrogen) atoms. The number of fused-ring (bicyclic) bond motifs is 1. The van der Waals surface area contributed by atoms with Gasteiger partial charge in [0.2, 0.25) is 0 Å². The maximum atomic E-state index is 11.9. The van der Waals surface area contributed by atoms with Crippen LogP contribution in [0, 0.1) is 6.92 Å². The smallest absolute Gasteiger partial charge is 0.167 e. The number of benzene rings is 1. The molecule has 1 aromatic carbocycles. The molecule has 86 valence electrons. The minimum Gasteiger partial charge on any atom is -0.294 e. The summed E-state index contributed by atoms with van der Waals surface area (Å²) in [5.74, 6) is 0.226. The van der Waals surface area contributed by atoms with Crippen molar-refractivity contribution in [3.8, 4) is 11.3 Å². The minimum atomic E-state index is 0.226. The van der Waals surface area contributed by atoms with Gasteiger partial charge < -0.3 is 0 Å². The monoisotopic (exact) mass is 226 g/mol. The summed E-state index contributed by atoms with van der Waals surface area (Å²) >= 11 is 0. The van der Waals surface area contributed by atoms with Crippen molar-refractivity contribution >= 4 is 5.78 Å². The summed E-state index contributed by atoms with van der Waals surface area (Å²) in [4.78, 5) is 11.9. The molecule has 1 heterocycles. The summed E-state index contributed by atoms with van der Waals surface area (Å²) < 4.78 is 1.85. The third kappa shape index (κ3) is 1.50. The van der Waals surface area contributed by atoms with Crippen LogP contribution in [0.15, 0.2) is 24.3 Å². The van der Waals surface area contributed by atoms with Gasteiger partial charge in [-0.2, -0.15) is 5.10 Å². The molecule has 0 unspecified atom stereocenters. The van der Waals surface area contributed by atoms with Crippen LogP contribution in [-0.2, 0) is 13.5 Å². The van der Waals surface area contributed by atoms with E-state index in [-0.39, 0.29) is 5.78 Å². The minimum absolute atomic E-state index is 0.226. The van der Waals surface area contributed by atoms with Crippen LogP contribution in [0.2, 0.25) is 0 Å². The summed E-state index contributed by atoms with van der Waals surface area (Å²) in [6.07, 6.45) is 1.45. The SMILES string of the molecule is Cc1cccc(-c2nn(C)c3c2C(=O)CC3)c1. The zero-order chi connectivity index (χ0) is 12.0. The molecule has 1 aliphatic carbocycles. The second kappa shape index (κ2) is 3.55. The second-order valence-electron chi connectivity index (χ2n) is 4.59. The number of rotatable bonds is 1. The van der Waals surface area contributed by atoms with Gasteiger partial charge in [0, 0.05) is 24.7 Å². The zero-order valence-electron chi connectivity index (χ0n) is 10.0. The van der Waals surface area contributed by atoms with E-state index in [2.05, 4.69) is 24.2 Å². The Bertz CT molecular complexity index is 611. The van der Waals surface area contributed by atoms with Crippen molar-refractivity contribution in [3.05, 3.63) is 41.1 Å². The lowest BCUT2D eigenvalue weighted by atomic mass is 10.0. The van der Waals surface area contributed by atoms with Crippen LogP contribution in [-0.4, -0.2) is 15.6 Å². The molecular weight excluding hydrogens is 212 g/mol. The Labute approximate surface area is 100 Å². The molecule has 0 saturated carbocycles. The van der Waals surface area contributed by atoms with E-state index in [1.807, 2.05) is 23.9 Å². The van der Waals surface area contributed by atoms with E-state index < -0.39 is 0 Å². The first-order valence-corrected chi connectivity index (χ1v) is 5.83. The van der Waals surface area contributed by atoms with Crippen molar-refractivity contribution in [3.63, 3.8) is 0 Å². The van der Waals surface area contributed by atoms with Crippen LogP contribution in [0.3, 0.4) is 0 Å². The van der Waals surface area contributed by atoms with E-state index in [0.29, 0.717) is 6.42 Å². The average molecular weight is 226 g/mol. The van der Waals surface area contributed by atoms with Gasteiger partial charge in [0.05, 0.1) is 5.56 Å². The molecule has 0 bridgehead atoms. The quantitative estimate of drug-likeness (QED) is 0.749. The van der Waals surface area contributed by atoms with Crippen LogP contribution in [0.4, 0.5) is 0 Å². The molecule has 0 N–H and O–H groups in total. The van der Waals surface area contributed by atoms with Gasteiger partial charge in [-0.15, -0.1) is 0 Å². The highest BCUT2D eigenvalue weighted by atomic mass is 16.1. The fourth-order valence-corrected chi connectivity index (χ4v) is 2.49. The number of hydrogen-bond acceptors (Lipinski definition) is 2. The molecule has 3 heteroatoms. The first kappa shape index (κ1) is 10.3. The zero-order valence-corrected chi connectivity index (χ0v) is 10.0. The first-order valence-electron chi connectivity index (χ1n) is 5.83. The van der Waals surface area contributed by atoms with Crippen LogP contribution in [0.5, 0.6) is 0 Å². The summed E-state index contributed by atoms with van der Waals surface area (Å²) in [7, 11) is 1.91. The summed E-state index contributed by atoms with van der Waals surface area (Å²) in [6, 6.07) is 8.15.